The Morgan fingerprint density at radius 2 is 2.10 bits per heavy atom. The summed E-state index contributed by atoms with van der Waals surface area (Å²) in [5, 5.41) is 6.93. The summed E-state index contributed by atoms with van der Waals surface area (Å²) in [4.78, 5) is 17.4. The van der Waals surface area contributed by atoms with Crippen LogP contribution in [0.15, 0.2) is 21.5 Å². The van der Waals surface area contributed by atoms with Crippen LogP contribution in [0.5, 0.6) is 11.8 Å². The van der Waals surface area contributed by atoms with Gasteiger partial charge in [-0.3, -0.25) is 0 Å². The van der Waals surface area contributed by atoms with E-state index in [1.54, 1.807) is 17.9 Å². The molecule has 10 heteroatoms. The first-order valence-corrected chi connectivity index (χ1v) is 10.6. The highest BCUT2D eigenvalue weighted by atomic mass is 32.2. The first-order valence-electron chi connectivity index (χ1n) is 9.53. The standard InChI is InChI=1S/C19H26N5O4S/c1-11(2)13-9-15(27-5)21-16(12(3)4)17(13)22-19(25)23-29(26)14-10-20-24-7-6-8-28-18(14)24/h9-12H,6-8H2,1-5H3,(H,22,25)/q-1. The number of amides is 2. The van der Waals surface area contributed by atoms with Gasteiger partial charge >= 0.3 is 6.03 Å². The number of aryl methyl sites for hydroxylation is 1. The minimum absolute atomic E-state index is 0.0412. The lowest BCUT2D eigenvalue weighted by molar-refractivity contribution is 0.225. The van der Waals surface area contributed by atoms with Crippen molar-refractivity contribution >= 4 is 22.3 Å². The summed E-state index contributed by atoms with van der Waals surface area (Å²) in [6.07, 6.45) is 2.26. The highest BCUT2D eigenvalue weighted by Gasteiger charge is 2.19. The van der Waals surface area contributed by atoms with Crippen molar-refractivity contribution in [2.45, 2.75) is 57.4 Å². The first-order chi connectivity index (χ1) is 13.8. The molecule has 0 spiro atoms. The Morgan fingerprint density at radius 1 is 1.34 bits per heavy atom. The average molecular weight is 421 g/mol. The molecule has 3 heterocycles. The second-order valence-electron chi connectivity index (χ2n) is 7.33. The fraction of sp³-hybridized carbons (Fsp3) is 0.526. The second-order valence-corrected chi connectivity index (χ2v) is 8.45. The maximum absolute atomic E-state index is 12.6. The molecule has 1 aliphatic rings. The molecule has 2 aromatic rings. The van der Waals surface area contributed by atoms with Crippen LogP contribution in [0.3, 0.4) is 0 Å². The summed E-state index contributed by atoms with van der Waals surface area (Å²) >= 11 is 0. The quantitative estimate of drug-likeness (QED) is 0.731. The van der Waals surface area contributed by atoms with Crippen LogP contribution in [0.1, 0.15) is 57.2 Å². The molecule has 0 radical (unpaired) electrons. The fourth-order valence-corrected chi connectivity index (χ4v) is 3.84. The summed E-state index contributed by atoms with van der Waals surface area (Å²) in [6.45, 7) is 9.20. The van der Waals surface area contributed by atoms with E-state index in [1.165, 1.54) is 6.20 Å². The predicted octanol–water partition coefficient (Wildman–Crippen LogP) is 4.05. The van der Waals surface area contributed by atoms with Crippen LogP contribution in [0, 0.1) is 0 Å². The molecule has 9 nitrogen and oxygen atoms in total. The molecule has 0 atom stereocenters. The summed E-state index contributed by atoms with van der Waals surface area (Å²) in [6, 6.07) is 1.08. The van der Waals surface area contributed by atoms with Gasteiger partial charge in [0, 0.05) is 25.2 Å². The normalized spacial score (nSPS) is 14.6. The molecule has 0 fully saturated rings. The number of aromatic nitrogens is 3. The van der Waals surface area contributed by atoms with E-state index in [0.29, 0.717) is 41.2 Å². The van der Waals surface area contributed by atoms with Gasteiger partial charge < -0.3 is 23.4 Å². The maximum atomic E-state index is 12.6. The van der Waals surface area contributed by atoms with Crippen molar-refractivity contribution in [3.05, 3.63) is 23.5 Å². The molecule has 158 valence electrons. The van der Waals surface area contributed by atoms with Gasteiger partial charge in [0.1, 0.15) is 0 Å². The van der Waals surface area contributed by atoms with Gasteiger partial charge in [0.05, 0.1) is 25.1 Å². The van der Waals surface area contributed by atoms with Crippen LogP contribution < -0.4 is 14.8 Å². The second kappa shape index (κ2) is 8.81. The number of anilines is 1. The van der Waals surface area contributed by atoms with E-state index in [0.717, 1.165) is 12.0 Å². The topological polar surface area (TPSA) is 108 Å². The highest BCUT2D eigenvalue weighted by molar-refractivity contribution is 7.75. The Balaban J connectivity index is 1.93. The molecule has 1 N–H and O–H groups in total. The number of methoxy groups -OCH3 is 1. The van der Waals surface area contributed by atoms with Gasteiger partial charge in [-0.05, 0) is 22.3 Å². The number of hydrogen-bond donors (Lipinski definition) is 1. The lowest BCUT2D eigenvalue weighted by Crippen LogP contribution is -2.15. The van der Waals surface area contributed by atoms with E-state index < -0.39 is 16.6 Å². The van der Waals surface area contributed by atoms with Crippen molar-refractivity contribution in [1.82, 2.24) is 14.8 Å². The molecule has 29 heavy (non-hydrogen) atoms. The Labute approximate surface area is 172 Å². The first kappa shape index (κ1) is 21.1. The molecule has 2 aromatic heterocycles. The molecule has 0 aromatic carbocycles. The van der Waals surface area contributed by atoms with Crippen molar-refractivity contribution in [2.24, 2.45) is 4.36 Å². The van der Waals surface area contributed by atoms with Gasteiger partial charge in [-0.2, -0.15) is 5.10 Å². The SMILES string of the molecule is COc1cc(C(C)C)c(NC(=O)N=[S-](=O)c2cnn3c2OCCC3)c(C(C)C)n1. The van der Waals surface area contributed by atoms with E-state index in [-0.39, 0.29) is 11.8 Å². The fourth-order valence-electron chi connectivity index (χ4n) is 3.09. The minimum Gasteiger partial charge on any atom is -0.481 e. The number of carbonyl (C=O) groups excluding carboxylic acids is 1. The Morgan fingerprint density at radius 3 is 2.76 bits per heavy atom. The van der Waals surface area contributed by atoms with Gasteiger partial charge in [-0.1, -0.05) is 27.7 Å². The van der Waals surface area contributed by atoms with E-state index in [2.05, 4.69) is 19.8 Å². The summed E-state index contributed by atoms with van der Waals surface area (Å²) < 4.78 is 28.9. The van der Waals surface area contributed by atoms with Crippen LogP contribution in [-0.2, 0) is 21.3 Å². The Bertz CT molecular complexity index is 963. The molecule has 0 saturated heterocycles. The van der Waals surface area contributed by atoms with Gasteiger partial charge in [0.25, 0.3) is 0 Å². The third kappa shape index (κ3) is 4.52. The number of carbonyl (C=O) groups is 1. The molecule has 0 saturated carbocycles. The number of hydrogen-bond acceptors (Lipinski definition) is 7. The lowest BCUT2D eigenvalue weighted by atomic mass is 9.97. The zero-order valence-electron chi connectivity index (χ0n) is 17.3. The predicted molar refractivity (Wildman–Crippen MR) is 109 cm³/mol. The van der Waals surface area contributed by atoms with Crippen molar-refractivity contribution < 1.29 is 18.5 Å². The van der Waals surface area contributed by atoms with E-state index in [4.69, 9.17) is 9.47 Å². The number of nitrogens with one attached hydrogen (secondary N) is 1. The number of fused-ring (bicyclic) bond motifs is 1. The minimum atomic E-state index is -1.93. The number of nitrogens with zero attached hydrogens (tertiary/aromatic N) is 4. The van der Waals surface area contributed by atoms with Crippen LogP contribution in [0.25, 0.3) is 0 Å². The maximum Gasteiger partial charge on any atom is 0.322 e. The summed E-state index contributed by atoms with van der Waals surface area (Å²) in [7, 11) is -0.369. The molecular formula is C19H26N5O4S-. The molecule has 0 unspecified atom stereocenters. The van der Waals surface area contributed by atoms with E-state index in [9.17, 15) is 9.00 Å². The number of urea groups is 1. The van der Waals surface area contributed by atoms with Gasteiger partial charge in [-0.25, -0.2) is 14.5 Å². The molecular weight excluding hydrogens is 394 g/mol. The Kier molecular flexibility index (Phi) is 6.41. The molecule has 3 rings (SSSR count). The number of pyridine rings is 1. The van der Waals surface area contributed by atoms with E-state index in [1.807, 2.05) is 27.7 Å². The zero-order chi connectivity index (χ0) is 21.1. The Hall–Kier alpha value is -2.62. The van der Waals surface area contributed by atoms with Crippen molar-refractivity contribution in [3.8, 4) is 11.8 Å². The molecule has 1 aliphatic heterocycles. The largest absolute Gasteiger partial charge is 0.481 e. The lowest BCUT2D eigenvalue weighted by Gasteiger charge is -2.20. The van der Waals surface area contributed by atoms with Gasteiger partial charge in [-0.15, -0.1) is 10.6 Å². The summed E-state index contributed by atoms with van der Waals surface area (Å²) in [5.41, 5.74) is 2.14. The summed E-state index contributed by atoms with van der Waals surface area (Å²) in [5.74, 6) is 1.04. The van der Waals surface area contributed by atoms with Gasteiger partial charge in [0.2, 0.25) is 5.88 Å². The number of rotatable bonds is 5. The monoisotopic (exact) mass is 420 g/mol. The third-order valence-electron chi connectivity index (χ3n) is 4.53. The smallest absolute Gasteiger partial charge is 0.322 e. The molecule has 0 aliphatic carbocycles. The van der Waals surface area contributed by atoms with Crippen LogP contribution in [0.2, 0.25) is 0 Å². The van der Waals surface area contributed by atoms with Crippen LogP contribution >= 0.6 is 0 Å². The zero-order valence-corrected chi connectivity index (χ0v) is 18.1. The van der Waals surface area contributed by atoms with Crippen molar-refractivity contribution in [1.29, 1.82) is 0 Å². The number of ether oxygens (including phenoxy) is 2. The molecule has 2 amide bonds. The van der Waals surface area contributed by atoms with Crippen molar-refractivity contribution in [2.75, 3.05) is 19.0 Å². The van der Waals surface area contributed by atoms with Crippen molar-refractivity contribution in [3.63, 3.8) is 0 Å². The highest BCUT2D eigenvalue weighted by Crippen LogP contribution is 2.34. The average Bonchev–Trinajstić information content (AvgIpc) is 3.11. The van der Waals surface area contributed by atoms with Crippen LogP contribution in [0.4, 0.5) is 10.5 Å². The third-order valence-corrected chi connectivity index (χ3v) is 5.52. The van der Waals surface area contributed by atoms with Gasteiger partial charge in [0.15, 0.2) is 5.88 Å². The van der Waals surface area contributed by atoms with E-state index >= 15 is 0 Å². The van der Waals surface area contributed by atoms with Crippen LogP contribution in [-0.4, -0.2) is 34.5 Å². The molecule has 0 bridgehead atoms.